The van der Waals surface area contributed by atoms with Gasteiger partial charge in [0.2, 0.25) is 5.12 Å². The van der Waals surface area contributed by atoms with Crippen LogP contribution in [0.3, 0.4) is 0 Å². The van der Waals surface area contributed by atoms with Crippen LogP contribution in [0.4, 0.5) is 0 Å². The van der Waals surface area contributed by atoms with Crippen LogP contribution in [0.1, 0.15) is 34.6 Å². The van der Waals surface area contributed by atoms with Crippen LogP contribution in [-0.4, -0.2) is 29.0 Å². The molecule has 110 valence electrons. The van der Waals surface area contributed by atoms with Crippen molar-refractivity contribution in [3.63, 3.8) is 0 Å². The Morgan fingerprint density at radius 1 is 1.21 bits per heavy atom. The number of carbonyl (C=O) groups is 2. The number of rotatable bonds is 6. The van der Waals surface area contributed by atoms with Crippen LogP contribution in [0.5, 0.6) is 0 Å². The largest absolute Gasteiger partial charge is 0.566 e. The van der Waals surface area contributed by atoms with Crippen molar-refractivity contribution < 1.29 is 28.3 Å². The van der Waals surface area contributed by atoms with Gasteiger partial charge in [-0.15, -0.1) is 4.52 Å². The molecule has 0 N–H and O–H groups in total. The van der Waals surface area contributed by atoms with Gasteiger partial charge in [0.05, 0.1) is 0 Å². The first-order chi connectivity index (χ1) is 8.47. The molecular weight excluding hydrogens is 291 g/mol. The Hall–Kier alpha value is -0.490. The van der Waals surface area contributed by atoms with Gasteiger partial charge in [-0.05, 0) is 39.2 Å². The standard InChI is InChI=1S/C11H19O6PS/c1-10(2,3)17-8(12)11(4,5)9(13)19-7-6-16-18(14)15/h6-7H2,1-5H3. The van der Waals surface area contributed by atoms with E-state index in [0.29, 0.717) is 0 Å². The SMILES string of the molecule is CC(C)(C)OC(=O)C(C)(C)C(=O)SCCO[P+](=O)[O-]. The molecule has 0 radical (unpaired) electrons. The van der Waals surface area contributed by atoms with E-state index in [0.717, 1.165) is 11.8 Å². The maximum absolute atomic E-state index is 11.9. The summed E-state index contributed by atoms with van der Waals surface area (Å²) in [5.74, 6) is -0.442. The lowest BCUT2D eigenvalue weighted by Crippen LogP contribution is -2.38. The van der Waals surface area contributed by atoms with Crippen molar-refractivity contribution in [1.29, 1.82) is 0 Å². The van der Waals surface area contributed by atoms with E-state index in [1.807, 2.05) is 0 Å². The van der Waals surface area contributed by atoms with Crippen LogP contribution in [0.15, 0.2) is 0 Å². The minimum Gasteiger partial charge on any atom is -0.566 e. The average molecular weight is 310 g/mol. The van der Waals surface area contributed by atoms with E-state index in [1.165, 1.54) is 13.8 Å². The number of esters is 1. The Morgan fingerprint density at radius 3 is 2.16 bits per heavy atom. The summed E-state index contributed by atoms with van der Waals surface area (Å²) >= 11 is 0.848. The average Bonchev–Trinajstić information content (AvgIpc) is 2.21. The number of carbonyl (C=O) groups excluding carboxylic acids is 2. The van der Waals surface area contributed by atoms with Crippen molar-refractivity contribution in [3.05, 3.63) is 0 Å². The molecule has 0 saturated carbocycles. The predicted molar refractivity (Wildman–Crippen MR) is 70.6 cm³/mol. The second-order valence-corrected chi connectivity index (χ2v) is 7.09. The topological polar surface area (TPSA) is 92.7 Å². The van der Waals surface area contributed by atoms with Crippen molar-refractivity contribution in [1.82, 2.24) is 0 Å². The molecule has 0 spiro atoms. The molecule has 0 aliphatic rings. The van der Waals surface area contributed by atoms with Crippen LogP contribution in [0.2, 0.25) is 0 Å². The zero-order valence-electron chi connectivity index (χ0n) is 11.7. The third-order valence-corrected chi connectivity index (χ3v) is 3.47. The predicted octanol–water partition coefficient (Wildman–Crippen LogP) is 1.65. The van der Waals surface area contributed by atoms with Crippen LogP contribution >= 0.6 is 20.0 Å². The Bertz CT molecular complexity index is 361. The summed E-state index contributed by atoms with van der Waals surface area (Å²) in [4.78, 5) is 33.9. The van der Waals surface area contributed by atoms with Gasteiger partial charge in [-0.1, -0.05) is 11.8 Å². The third-order valence-electron chi connectivity index (χ3n) is 1.93. The van der Waals surface area contributed by atoms with E-state index in [2.05, 4.69) is 4.52 Å². The molecule has 0 rings (SSSR count). The van der Waals surface area contributed by atoms with E-state index in [1.54, 1.807) is 20.8 Å². The molecule has 1 unspecified atom stereocenters. The monoisotopic (exact) mass is 310 g/mol. The number of ether oxygens (including phenoxy) is 1. The van der Waals surface area contributed by atoms with Crippen LogP contribution < -0.4 is 4.89 Å². The van der Waals surface area contributed by atoms with Gasteiger partial charge in [0.1, 0.15) is 17.6 Å². The van der Waals surface area contributed by atoms with Gasteiger partial charge in [0.15, 0.2) is 0 Å². The fourth-order valence-electron chi connectivity index (χ4n) is 0.916. The van der Waals surface area contributed by atoms with Crippen LogP contribution in [0, 0.1) is 5.41 Å². The van der Waals surface area contributed by atoms with E-state index in [9.17, 15) is 19.0 Å². The quantitative estimate of drug-likeness (QED) is 0.319. The molecule has 0 amide bonds. The van der Waals surface area contributed by atoms with E-state index < -0.39 is 25.2 Å². The Balaban J connectivity index is 4.35. The molecule has 0 bridgehead atoms. The molecule has 0 aliphatic carbocycles. The molecule has 0 aromatic heterocycles. The minimum atomic E-state index is -2.91. The second kappa shape index (κ2) is 7.33. The van der Waals surface area contributed by atoms with Gasteiger partial charge < -0.3 is 9.63 Å². The van der Waals surface area contributed by atoms with Crippen molar-refractivity contribution in [2.24, 2.45) is 5.41 Å². The first-order valence-electron chi connectivity index (χ1n) is 5.65. The first kappa shape index (κ1) is 18.5. The highest BCUT2D eigenvalue weighted by Gasteiger charge is 2.39. The molecule has 1 atom stereocenters. The van der Waals surface area contributed by atoms with Gasteiger partial charge >= 0.3 is 14.2 Å². The summed E-state index contributed by atoms with van der Waals surface area (Å²) in [6, 6.07) is 0. The molecule has 0 fully saturated rings. The summed E-state index contributed by atoms with van der Waals surface area (Å²) in [6.45, 7) is 8.02. The smallest absolute Gasteiger partial charge is 0.488 e. The molecule has 8 heteroatoms. The van der Waals surface area contributed by atoms with Gasteiger partial charge in [-0.25, -0.2) is 0 Å². The van der Waals surface area contributed by atoms with Gasteiger partial charge in [-0.2, -0.15) is 0 Å². The Morgan fingerprint density at radius 2 is 1.74 bits per heavy atom. The lowest BCUT2D eigenvalue weighted by atomic mass is 9.95. The Kier molecular flexibility index (Phi) is 7.15. The summed E-state index contributed by atoms with van der Waals surface area (Å²) in [7, 11) is -2.91. The normalized spacial score (nSPS) is 13.1. The highest BCUT2D eigenvalue weighted by molar-refractivity contribution is 8.13. The minimum absolute atomic E-state index is 0.0977. The molecule has 0 aliphatic heterocycles. The summed E-state index contributed by atoms with van der Waals surface area (Å²) in [5, 5.41) is -0.383. The fourth-order valence-corrected chi connectivity index (χ4v) is 2.08. The molecule has 0 heterocycles. The summed E-state index contributed by atoms with van der Waals surface area (Å²) in [5.41, 5.74) is -1.94. The maximum atomic E-state index is 11.9. The number of hydrogen-bond donors (Lipinski definition) is 0. The zero-order valence-corrected chi connectivity index (χ0v) is 13.4. The van der Waals surface area contributed by atoms with E-state index in [4.69, 9.17) is 4.74 Å². The van der Waals surface area contributed by atoms with Crippen LogP contribution in [0.25, 0.3) is 0 Å². The summed E-state index contributed by atoms with van der Waals surface area (Å²) in [6.07, 6.45) is 0. The zero-order chi connectivity index (χ0) is 15.3. The van der Waals surface area contributed by atoms with Crippen molar-refractivity contribution in [2.75, 3.05) is 12.4 Å². The Labute approximate surface area is 118 Å². The van der Waals surface area contributed by atoms with E-state index in [-0.39, 0.29) is 17.5 Å². The van der Waals surface area contributed by atoms with Crippen molar-refractivity contribution in [3.8, 4) is 0 Å². The molecule has 0 saturated heterocycles. The van der Waals surface area contributed by atoms with Crippen molar-refractivity contribution in [2.45, 2.75) is 40.2 Å². The number of hydrogen-bond acceptors (Lipinski definition) is 7. The first-order valence-corrected chi connectivity index (χ1v) is 7.73. The molecule has 6 nitrogen and oxygen atoms in total. The highest BCUT2D eigenvalue weighted by Crippen LogP contribution is 2.28. The maximum Gasteiger partial charge on any atom is 0.488 e. The van der Waals surface area contributed by atoms with Crippen molar-refractivity contribution >= 4 is 31.1 Å². The fraction of sp³-hybridized carbons (Fsp3) is 0.818. The second-order valence-electron chi connectivity index (χ2n) is 5.32. The molecular formula is C11H19O6PS. The van der Waals surface area contributed by atoms with Gasteiger partial charge in [-0.3, -0.25) is 9.59 Å². The molecule has 19 heavy (non-hydrogen) atoms. The van der Waals surface area contributed by atoms with Crippen LogP contribution in [-0.2, 0) is 23.4 Å². The highest BCUT2D eigenvalue weighted by atomic mass is 32.2. The van der Waals surface area contributed by atoms with E-state index >= 15 is 0 Å². The molecule has 0 aromatic rings. The number of thioether (sulfide) groups is 1. The lowest BCUT2D eigenvalue weighted by Gasteiger charge is -2.27. The molecule has 0 aromatic carbocycles. The summed E-state index contributed by atoms with van der Waals surface area (Å²) < 4.78 is 19.6. The van der Waals surface area contributed by atoms with Gasteiger partial charge in [0, 0.05) is 5.75 Å². The lowest BCUT2D eigenvalue weighted by molar-refractivity contribution is -0.185. The van der Waals surface area contributed by atoms with Gasteiger partial charge in [0.25, 0.3) is 0 Å². The third kappa shape index (κ3) is 7.62.